The Balaban J connectivity index is 2.79. The van der Waals surface area contributed by atoms with Gasteiger partial charge in [-0.25, -0.2) is 13.8 Å². The van der Waals surface area contributed by atoms with Crippen LogP contribution in [0.25, 0.3) is 0 Å². The number of aromatic nitrogens is 1. The third kappa shape index (κ3) is 2.35. The van der Waals surface area contributed by atoms with E-state index in [1.54, 1.807) is 0 Å². The van der Waals surface area contributed by atoms with Gasteiger partial charge in [-0.15, -0.1) is 0 Å². The fourth-order valence-electron chi connectivity index (χ4n) is 0.855. The van der Waals surface area contributed by atoms with Crippen LogP contribution in [-0.2, 0) is 0 Å². The largest absolute Gasteiger partial charge is 0.481 e. The van der Waals surface area contributed by atoms with Crippen LogP contribution in [0.3, 0.4) is 0 Å². The van der Waals surface area contributed by atoms with Crippen molar-refractivity contribution in [2.75, 3.05) is 7.11 Å². The van der Waals surface area contributed by atoms with E-state index in [4.69, 9.17) is 10.5 Å². The van der Waals surface area contributed by atoms with E-state index in [-0.39, 0.29) is 0 Å². The third-order valence-electron chi connectivity index (χ3n) is 1.62. The summed E-state index contributed by atoms with van der Waals surface area (Å²) in [5.74, 6) is 0.380. The number of alkyl halides is 2. The third-order valence-corrected chi connectivity index (χ3v) is 1.62. The Hall–Kier alpha value is -1.23. The summed E-state index contributed by atoms with van der Waals surface area (Å²) in [4.78, 5) is 3.77. The second-order valence-corrected chi connectivity index (χ2v) is 2.49. The lowest BCUT2D eigenvalue weighted by Gasteiger charge is -2.09. The Kier molecular flexibility index (Phi) is 3.13. The number of halogens is 2. The Bertz CT molecular complexity index is 263. The Labute approximate surface area is 74.5 Å². The Morgan fingerprint density at radius 3 is 2.54 bits per heavy atom. The maximum atomic E-state index is 12.1. The summed E-state index contributed by atoms with van der Waals surface area (Å²) >= 11 is 0. The molecule has 1 aromatic heterocycles. The highest BCUT2D eigenvalue weighted by atomic mass is 19.3. The van der Waals surface area contributed by atoms with E-state index in [0.717, 1.165) is 0 Å². The maximum absolute atomic E-state index is 12.1. The van der Waals surface area contributed by atoms with Crippen LogP contribution >= 0.6 is 0 Å². The van der Waals surface area contributed by atoms with Gasteiger partial charge in [0.1, 0.15) is 0 Å². The molecular weight excluding hydrogens is 178 g/mol. The molecule has 0 amide bonds. The van der Waals surface area contributed by atoms with Crippen molar-refractivity contribution in [2.45, 2.75) is 12.5 Å². The van der Waals surface area contributed by atoms with Crippen molar-refractivity contribution in [1.29, 1.82) is 0 Å². The minimum absolute atomic E-state index is 0.302. The fourth-order valence-corrected chi connectivity index (χ4v) is 0.855. The number of rotatable bonds is 3. The molecule has 2 N–H and O–H groups in total. The molecule has 0 aromatic carbocycles. The molecule has 5 heteroatoms. The van der Waals surface area contributed by atoms with E-state index in [0.29, 0.717) is 11.4 Å². The van der Waals surface area contributed by atoms with Crippen LogP contribution in [0.5, 0.6) is 5.88 Å². The summed E-state index contributed by atoms with van der Waals surface area (Å²) in [7, 11) is 1.45. The van der Waals surface area contributed by atoms with Gasteiger partial charge in [0, 0.05) is 12.3 Å². The highest BCUT2D eigenvalue weighted by molar-refractivity contribution is 5.20. The number of methoxy groups -OCH3 is 1. The lowest BCUT2D eigenvalue weighted by molar-refractivity contribution is 0.116. The summed E-state index contributed by atoms with van der Waals surface area (Å²) in [6.07, 6.45) is -1.29. The molecule has 1 aromatic rings. The second kappa shape index (κ2) is 4.13. The van der Waals surface area contributed by atoms with Crippen molar-refractivity contribution in [1.82, 2.24) is 4.98 Å². The monoisotopic (exact) mass is 188 g/mol. The molecule has 72 valence electrons. The molecule has 0 saturated heterocycles. The van der Waals surface area contributed by atoms with Gasteiger partial charge in [-0.1, -0.05) is 6.07 Å². The molecular formula is C8H10F2N2O. The van der Waals surface area contributed by atoms with Crippen molar-refractivity contribution in [3.05, 3.63) is 23.9 Å². The minimum atomic E-state index is -2.57. The molecule has 0 aliphatic rings. The Morgan fingerprint density at radius 2 is 2.15 bits per heavy atom. The zero-order valence-electron chi connectivity index (χ0n) is 7.08. The van der Waals surface area contributed by atoms with Gasteiger partial charge in [0.25, 0.3) is 6.43 Å². The highest BCUT2D eigenvalue weighted by Crippen LogP contribution is 2.18. The Morgan fingerprint density at radius 1 is 1.46 bits per heavy atom. The molecule has 1 atom stereocenters. The molecule has 0 aliphatic heterocycles. The molecule has 0 aliphatic carbocycles. The molecule has 1 rings (SSSR count). The van der Waals surface area contributed by atoms with Gasteiger partial charge in [-0.2, -0.15) is 0 Å². The molecule has 0 saturated carbocycles. The maximum Gasteiger partial charge on any atom is 0.257 e. The van der Waals surface area contributed by atoms with E-state index < -0.39 is 12.5 Å². The predicted octanol–water partition coefficient (Wildman–Crippen LogP) is 1.36. The average Bonchev–Trinajstić information content (AvgIpc) is 2.17. The van der Waals surface area contributed by atoms with Crippen molar-refractivity contribution in [3.8, 4) is 5.88 Å². The number of pyridine rings is 1. The van der Waals surface area contributed by atoms with Crippen LogP contribution in [0.1, 0.15) is 11.6 Å². The van der Waals surface area contributed by atoms with Crippen molar-refractivity contribution in [3.63, 3.8) is 0 Å². The summed E-state index contributed by atoms with van der Waals surface area (Å²) in [5.41, 5.74) is 5.50. The number of hydrogen-bond acceptors (Lipinski definition) is 3. The SMILES string of the molecule is COc1ccc(C(N)C(F)F)cn1. The summed E-state index contributed by atoms with van der Waals surface area (Å²) in [6.45, 7) is 0. The summed E-state index contributed by atoms with van der Waals surface area (Å²) in [6, 6.07) is 1.69. The van der Waals surface area contributed by atoms with Crippen LogP contribution in [0.15, 0.2) is 18.3 Å². The van der Waals surface area contributed by atoms with Crippen LogP contribution in [-0.4, -0.2) is 18.5 Å². The summed E-state index contributed by atoms with van der Waals surface area (Å²) in [5, 5.41) is 0. The standard InChI is InChI=1S/C8H10F2N2O/c1-13-6-3-2-5(4-12-6)7(11)8(9)10/h2-4,7-8H,11H2,1H3. The van der Waals surface area contributed by atoms with E-state index in [1.165, 1.54) is 25.4 Å². The predicted molar refractivity (Wildman–Crippen MR) is 43.7 cm³/mol. The molecule has 0 bridgehead atoms. The number of nitrogens with two attached hydrogens (primary N) is 1. The molecule has 0 fully saturated rings. The van der Waals surface area contributed by atoms with E-state index in [1.807, 2.05) is 0 Å². The minimum Gasteiger partial charge on any atom is -0.481 e. The first-order valence-corrected chi connectivity index (χ1v) is 3.69. The van der Waals surface area contributed by atoms with Crippen molar-refractivity contribution in [2.24, 2.45) is 5.73 Å². The van der Waals surface area contributed by atoms with Crippen LogP contribution < -0.4 is 10.5 Å². The van der Waals surface area contributed by atoms with Gasteiger partial charge in [0.05, 0.1) is 13.2 Å². The number of nitrogens with zero attached hydrogens (tertiary/aromatic N) is 1. The molecule has 13 heavy (non-hydrogen) atoms. The lowest BCUT2D eigenvalue weighted by atomic mass is 10.1. The first-order valence-electron chi connectivity index (χ1n) is 3.69. The molecule has 3 nitrogen and oxygen atoms in total. The molecule has 1 heterocycles. The van der Waals surface area contributed by atoms with Gasteiger partial charge in [-0.05, 0) is 5.56 Å². The first-order chi connectivity index (χ1) is 6.15. The number of ether oxygens (including phenoxy) is 1. The van der Waals surface area contributed by atoms with E-state index >= 15 is 0 Å². The van der Waals surface area contributed by atoms with Gasteiger partial charge in [-0.3, -0.25) is 0 Å². The normalized spacial score (nSPS) is 13.0. The average molecular weight is 188 g/mol. The van der Waals surface area contributed by atoms with Gasteiger partial charge in [0.15, 0.2) is 0 Å². The van der Waals surface area contributed by atoms with Gasteiger partial charge in [0.2, 0.25) is 5.88 Å². The van der Waals surface area contributed by atoms with Gasteiger partial charge >= 0.3 is 0 Å². The van der Waals surface area contributed by atoms with Gasteiger partial charge < -0.3 is 10.5 Å². The van der Waals surface area contributed by atoms with Crippen LogP contribution in [0.4, 0.5) is 8.78 Å². The molecule has 1 unspecified atom stereocenters. The molecule has 0 radical (unpaired) electrons. The first kappa shape index (κ1) is 9.85. The van der Waals surface area contributed by atoms with Crippen LogP contribution in [0.2, 0.25) is 0 Å². The summed E-state index contributed by atoms with van der Waals surface area (Å²) < 4.78 is 29.0. The lowest BCUT2D eigenvalue weighted by Crippen LogP contribution is -2.18. The zero-order valence-corrected chi connectivity index (χ0v) is 7.08. The highest BCUT2D eigenvalue weighted by Gasteiger charge is 2.17. The van der Waals surface area contributed by atoms with Crippen LogP contribution in [0, 0.1) is 0 Å². The molecule has 0 spiro atoms. The van der Waals surface area contributed by atoms with E-state index in [2.05, 4.69) is 4.98 Å². The smallest absolute Gasteiger partial charge is 0.257 e. The van der Waals surface area contributed by atoms with E-state index in [9.17, 15) is 8.78 Å². The quantitative estimate of drug-likeness (QED) is 0.778. The topological polar surface area (TPSA) is 48.1 Å². The number of hydrogen-bond donors (Lipinski definition) is 1. The fraction of sp³-hybridized carbons (Fsp3) is 0.375. The second-order valence-electron chi connectivity index (χ2n) is 2.49. The van der Waals surface area contributed by atoms with Crippen molar-refractivity contribution < 1.29 is 13.5 Å². The zero-order chi connectivity index (χ0) is 9.84. The van der Waals surface area contributed by atoms with Crippen molar-refractivity contribution >= 4 is 0 Å².